The van der Waals surface area contributed by atoms with Gasteiger partial charge in [0, 0.05) is 12.1 Å². The summed E-state index contributed by atoms with van der Waals surface area (Å²) in [4.78, 5) is 19.7. The van der Waals surface area contributed by atoms with Crippen molar-refractivity contribution in [1.82, 2.24) is 9.97 Å². The second-order valence-corrected chi connectivity index (χ2v) is 5.34. The van der Waals surface area contributed by atoms with Crippen molar-refractivity contribution in [2.45, 2.75) is 45.6 Å². The molecule has 6 nitrogen and oxygen atoms in total. The summed E-state index contributed by atoms with van der Waals surface area (Å²) >= 11 is 0. The number of carboxylic acids is 1. The number of hydrogen-bond acceptors (Lipinski definition) is 5. The molecule has 2 unspecified atom stereocenters. The number of ether oxygens (including phenoxy) is 1. The summed E-state index contributed by atoms with van der Waals surface area (Å²) in [6.07, 6.45) is 4.92. The maximum atomic E-state index is 11.5. The van der Waals surface area contributed by atoms with Crippen LogP contribution in [-0.2, 0) is 4.79 Å². The zero-order chi connectivity index (χ0) is 14.6. The highest BCUT2D eigenvalue weighted by Gasteiger charge is 2.43. The Labute approximate surface area is 118 Å². The normalized spacial score (nSPS) is 26.0. The van der Waals surface area contributed by atoms with Gasteiger partial charge in [-0.05, 0) is 26.7 Å². The number of aliphatic carboxylic acids is 1. The van der Waals surface area contributed by atoms with Crippen LogP contribution in [0.3, 0.4) is 0 Å². The molecular weight excluding hydrogens is 258 g/mol. The lowest BCUT2D eigenvalue weighted by molar-refractivity contribution is -0.150. The van der Waals surface area contributed by atoms with E-state index in [9.17, 15) is 9.90 Å². The summed E-state index contributed by atoms with van der Waals surface area (Å²) in [5.41, 5.74) is -0.755. The van der Waals surface area contributed by atoms with E-state index in [2.05, 4.69) is 15.3 Å². The highest BCUT2D eigenvalue weighted by molar-refractivity contribution is 5.76. The van der Waals surface area contributed by atoms with Crippen molar-refractivity contribution in [2.24, 2.45) is 5.41 Å². The first kappa shape index (κ1) is 14.6. The molecule has 1 aromatic rings. The van der Waals surface area contributed by atoms with Crippen LogP contribution in [0.25, 0.3) is 0 Å². The van der Waals surface area contributed by atoms with Gasteiger partial charge < -0.3 is 15.2 Å². The standard InChI is InChI=1S/C14H21N3O3/c1-3-20-12-8-11(15-9-16-12)17-10-6-4-5-7-14(10,2)13(18)19/h8-10H,3-7H2,1-2H3,(H,18,19)(H,15,16,17). The largest absolute Gasteiger partial charge is 0.481 e. The van der Waals surface area contributed by atoms with Gasteiger partial charge in [0.2, 0.25) is 5.88 Å². The van der Waals surface area contributed by atoms with Crippen LogP contribution >= 0.6 is 0 Å². The minimum Gasteiger partial charge on any atom is -0.481 e. The van der Waals surface area contributed by atoms with E-state index < -0.39 is 11.4 Å². The molecule has 0 saturated heterocycles. The molecule has 0 spiro atoms. The molecule has 0 aromatic carbocycles. The maximum Gasteiger partial charge on any atom is 0.311 e. The van der Waals surface area contributed by atoms with Crippen molar-refractivity contribution in [1.29, 1.82) is 0 Å². The molecule has 0 amide bonds. The Morgan fingerprint density at radius 1 is 1.55 bits per heavy atom. The molecule has 2 rings (SSSR count). The number of rotatable bonds is 5. The van der Waals surface area contributed by atoms with E-state index in [4.69, 9.17) is 4.74 Å². The van der Waals surface area contributed by atoms with Gasteiger partial charge >= 0.3 is 5.97 Å². The number of anilines is 1. The smallest absolute Gasteiger partial charge is 0.311 e. The minimum atomic E-state index is -0.756. The third-order valence-corrected chi connectivity index (χ3v) is 3.95. The van der Waals surface area contributed by atoms with Crippen molar-refractivity contribution in [2.75, 3.05) is 11.9 Å². The summed E-state index contributed by atoms with van der Waals surface area (Å²) in [5, 5.41) is 12.7. The average molecular weight is 279 g/mol. The van der Waals surface area contributed by atoms with E-state index in [0.717, 1.165) is 19.3 Å². The molecule has 1 aliphatic carbocycles. The van der Waals surface area contributed by atoms with Crippen molar-refractivity contribution in [3.63, 3.8) is 0 Å². The molecule has 1 aliphatic rings. The van der Waals surface area contributed by atoms with Gasteiger partial charge in [-0.1, -0.05) is 12.8 Å². The Hall–Kier alpha value is -1.85. The Balaban J connectivity index is 2.14. The summed E-state index contributed by atoms with van der Waals surface area (Å²) < 4.78 is 5.33. The van der Waals surface area contributed by atoms with Crippen LogP contribution in [0.5, 0.6) is 5.88 Å². The summed E-state index contributed by atoms with van der Waals surface area (Å²) in [6, 6.07) is 1.58. The SMILES string of the molecule is CCOc1cc(NC2CCCCC2(C)C(=O)O)ncn1. The summed E-state index contributed by atoms with van der Waals surface area (Å²) in [7, 11) is 0. The van der Waals surface area contributed by atoms with Crippen LogP contribution in [-0.4, -0.2) is 33.7 Å². The van der Waals surface area contributed by atoms with E-state index in [1.807, 2.05) is 6.92 Å². The molecule has 1 heterocycles. The van der Waals surface area contributed by atoms with Gasteiger partial charge in [-0.15, -0.1) is 0 Å². The molecule has 2 atom stereocenters. The first-order valence-corrected chi connectivity index (χ1v) is 7.01. The van der Waals surface area contributed by atoms with Crippen LogP contribution < -0.4 is 10.1 Å². The number of carbonyl (C=O) groups is 1. The summed E-state index contributed by atoms with van der Waals surface area (Å²) in [5.74, 6) is 0.356. The molecule has 20 heavy (non-hydrogen) atoms. The van der Waals surface area contributed by atoms with Crippen LogP contribution in [0.4, 0.5) is 5.82 Å². The molecular formula is C14H21N3O3. The second-order valence-electron chi connectivity index (χ2n) is 5.34. The maximum absolute atomic E-state index is 11.5. The van der Waals surface area contributed by atoms with Gasteiger partial charge in [0.05, 0.1) is 12.0 Å². The quantitative estimate of drug-likeness (QED) is 0.860. The van der Waals surface area contributed by atoms with Crippen molar-refractivity contribution in [3.05, 3.63) is 12.4 Å². The van der Waals surface area contributed by atoms with Gasteiger partial charge in [-0.2, -0.15) is 0 Å². The molecule has 1 aromatic heterocycles. The first-order chi connectivity index (χ1) is 9.56. The topological polar surface area (TPSA) is 84.3 Å². The molecule has 6 heteroatoms. The van der Waals surface area contributed by atoms with Crippen LogP contribution in [0.2, 0.25) is 0 Å². The van der Waals surface area contributed by atoms with E-state index >= 15 is 0 Å². The number of nitrogens with one attached hydrogen (secondary N) is 1. The van der Waals surface area contributed by atoms with Crippen molar-refractivity contribution < 1.29 is 14.6 Å². The Morgan fingerprint density at radius 2 is 2.35 bits per heavy atom. The third kappa shape index (κ3) is 3.00. The fourth-order valence-corrected chi connectivity index (χ4v) is 2.64. The lowest BCUT2D eigenvalue weighted by atomic mass is 9.71. The van der Waals surface area contributed by atoms with Crippen LogP contribution in [0, 0.1) is 5.41 Å². The van der Waals surface area contributed by atoms with Crippen molar-refractivity contribution in [3.8, 4) is 5.88 Å². The molecule has 0 aliphatic heterocycles. The Bertz CT molecular complexity index is 480. The number of hydrogen-bond donors (Lipinski definition) is 2. The van der Waals surface area contributed by atoms with Crippen molar-refractivity contribution >= 4 is 11.8 Å². The molecule has 0 bridgehead atoms. The number of nitrogens with zero attached hydrogens (tertiary/aromatic N) is 2. The fraction of sp³-hybridized carbons (Fsp3) is 0.643. The van der Waals surface area contributed by atoms with E-state index in [-0.39, 0.29) is 6.04 Å². The number of aromatic nitrogens is 2. The second kappa shape index (κ2) is 6.07. The van der Waals surface area contributed by atoms with Gasteiger partial charge in [-0.3, -0.25) is 4.79 Å². The average Bonchev–Trinajstić information content (AvgIpc) is 2.42. The van der Waals surface area contributed by atoms with E-state index in [1.165, 1.54) is 6.33 Å². The van der Waals surface area contributed by atoms with Gasteiger partial charge in [0.25, 0.3) is 0 Å². The van der Waals surface area contributed by atoms with Gasteiger partial charge in [0.15, 0.2) is 0 Å². The fourth-order valence-electron chi connectivity index (χ4n) is 2.64. The molecule has 2 N–H and O–H groups in total. The first-order valence-electron chi connectivity index (χ1n) is 7.01. The third-order valence-electron chi connectivity index (χ3n) is 3.95. The summed E-state index contributed by atoms with van der Waals surface area (Å²) in [6.45, 7) is 4.22. The minimum absolute atomic E-state index is 0.127. The molecule has 110 valence electrons. The molecule has 1 saturated carbocycles. The van der Waals surface area contributed by atoms with Crippen LogP contribution in [0.15, 0.2) is 12.4 Å². The lowest BCUT2D eigenvalue weighted by Crippen LogP contribution is -2.46. The monoisotopic (exact) mass is 279 g/mol. The zero-order valence-corrected chi connectivity index (χ0v) is 11.9. The predicted molar refractivity (Wildman–Crippen MR) is 74.8 cm³/mol. The lowest BCUT2D eigenvalue weighted by Gasteiger charge is -2.38. The molecule has 0 radical (unpaired) electrons. The van der Waals surface area contributed by atoms with E-state index in [1.54, 1.807) is 13.0 Å². The van der Waals surface area contributed by atoms with Crippen LogP contribution in [0.1, 0.15) is 39.5 Å². The molecule has 1 fully saturated rings. The Morgan fingerprint density at radius 3 is 3.05 bits per heavy atom. The Kier molecular flexibility index (Phi) is 4.42. The van der Waals surface area contributed by atoms with E-state index in [0.29, 0.717) is 24.7 Å². The van der Waals surface area contributed by atoms with Gasteiger partial charge in [-0.25, -0.2) is 9.97 Å². The predicted octanol–water partition coefficient (Wildman–Crippen LogP) is 2.32. The number of carboxylic acid groups (broad SMARTS) is 1. The highest BCUT2D eigenvalue weighted by Crippen LogP contribution is 2.38. The zero-order valence-electron chi connectivity index (χ0n) is 11.9. The highest BCUT2D eigenvalue weighted by atomic mass is 16.5. The van der Waals surface area contributed by atoms with Gasteiger partial charge in [0.1, 0.15) is 12.1 Å².